The van der Waals surface area contributed by atoms with Gasteiger partial charge >= 0.3 is 0 Å². The number of hydrogen-bond donors (Lipinski definition) is 2. The molecule has 0 bridgehead atoms. The molecular formula is C17H18FN5O. The van der Waals surface area contributed by atoms with Crippen LogP contribution in [0.25, 0.3) is 5.65 Å². The van der Waals surface area contributed by atoms with E-state index in [0.717, 1.165) is 5.69 Å². The molecule has 3 aromatic heterocycles. The normalized spacial score (nSPS) is 15.6. The first kappa shape index (κ1) is 14.9. The molecule has 0 spiro atoms. The number of amides is 1. The molecule has 7 heteroatoms. The van der Waals surface area contributed by atoms with E-state index >= 15 is 0 Å². The van der Waals surface area contributed by atoms with E-state index in [9.17, 15) is 9.18 Å². The minimum atomic E-state index is -0.464. The third-order valence-corrected chi connectivity index (χ3v) is 4.46. The highest BCUT2D eigenvalue weighted by Gasteiger charge is 2.26. The molecule has 3 aromatic rings. The van der Waals surface area contributed by atoms with Gasteiger partial charge in [-0.25, -0.2) is 9.37 Å². The van der Waals surface area contributed by atoms with Crippen LogP contribution in [0.2, 0.25) is 0 Å². The van der Waals surface area contributed by atoms with Crippen LogP contribution >= 0.6 is 0 Å². The number of fused-ring (bicyclic) bond motifs is 1. The monoisotopic (exact) mass is 327 g/mol. The summed E-state index contributed by atoms with van der Waals surface area (Å²) < 4.78 is 15.2. The molecule has 0 aliphatic heterocycles. The number of carbonyl (C=O) groups is 1. The summed E-state index contributed by atoms with van der Waals surface area (Å²) in [5, 5.41) is 9.89. The fourth-order valence-electron chi connectivity index (χ4n) is 2.71. The number of anilines is 1. The molecule has 6 nitrogen and oxygen atoms in total. The maximum Gasteiger partial charge on any atom is 0.234 e. The van der Waals surface area contributed by atoms with Crippen molar-refractivity contribution in [2.45, 2.75) is 38.5 Å². The van der Waals surface area contributed by atoms with E-state index in [4.69, 9.17) is 0 Å². The van der Waals surface area contributed by atoms with Crippen molar-refractivity contribution in [3.8, 4) is 0 Å². The third-order valence-electron chi connectivity index (χ3n) is 4.46. The molecule has 1 saturated carbocycles. The van der Waals surface area contributed by atoms with Crippen molar-refractivity contribution in [3.05, 3.63) is 47.3 Å². The Labute approximate surface area is 138 Å². The highest BCUT2D eigenvalue weighted by Crippen LogP contribution is 2.39. The summed E-state index contributed by atoms with van der Waals surface area (Å²) in [5.41, 5.74) is 2.81. The van der Waals surface area contributed by atoms with Crippen molar-refractivity contribution in [1.82, 2.24) is 19.6 Å². The van der Waals surface area contributed by atoms with Crippen LogP contribution in [0.4, 0.5) is 10.2 Å². The van der Waals surface area contributed by atoms with E-state index in [1.54, 1.807) is 30.5 Å². The number of aryl methyl sites for hydroxylation is 1. The van der Waals surface area contributed by atoms with E-state index < -0.39 is 5.92 Å². The van der Waals surface area contributed by atoms with Crippen LogP contribution in [-0.2, 0) is 4.79 Å². The van der Waals surface area contributed by atoms with Gasteiger partial charge in [0.15, 0.2) is 5.82 Å². The van der Waals surface area contributed by atoms with E-state index in [1.807, 2.05) is 6.07 Å². The Morgan fingerprint density at radius 2 is 2.21 bits per heavy atom. The van der Waals surface area contributed by atoms with Crippen LogP contribution in [0, 0.1) is 12.7 Å². The van der Waals surface area contributed by atoms with Crippen LogP contribution in [0.5, 0.6) is 0 Å². The Hall–Kier alpha value is -2.70. The van der Waals surface area contributed by atoms with Crippen molar-refractivity contribution in [1.29, 1.82) is 0 Å². The first-order valence-electron chi connectivity index (χ1n) is 8.02. The summed E-state index contributed by atoms with van der Waals surface area (Å²) in [7, 11) is 0. The standard InChI is InChI=1S/C17H18FN5O/c1-9-5-16-19-14(8-23(16)7-12(9)18)10(2)17(24)20-15-6-13(21-22-15)11-3-4-11/h5-8,10-11H,3-4H2,1-2H3,(H2,20,21,22,24)/t10-/m0/s1. The zero-order chi connectivity index (χ0) is 16.8. The van der Waals surface area contributed by atoms with Gasteiger partial charge in [0.25, 0.3) is 0 Å². The number of imidazole rings is 1. The zero-order valence-electron chi connectivity index (χ0n) is 13.5. The van der Waals surface area contributed by atoms with Crippen molar-refractivity contribution in [2.24, 2.45) is 0 Å². The number of nitrogens with zero attached hydrogens (tertiary/aromatic N) is 3. The van der Waals surface area contributed by atoms with Crippen LogP contribution in [0.3, 0.4) is 0 Å². The molecule has 2 N–H and O–H groups in total. The van der Waals surface area contributed by atoms with E-state index in [0.29, 0.717) is 28.6 Å². The molecule has 0 aromatic carbocycles. The summed E-state index contributed by atoms with van der Waals surface area (Å²) in [6.45, 7) is 3.46. The van der Waals surface area contributed by atoms with Gasteiger partial charge in [0.05, 0.1) is 11.6 Å². The maximum atomic E-state index is 13.6. The smallest absolute Gasteiger partial charge is 0.234 e. The molecule has 1 aliphatic carbocycles. The molecule has 4 rings (SSSR count). The lowest BCUT2D eigenvalue weighted by atomic mass is 10.1. The van der Waals surface area contributed by atoms with Gasteiger partial charge in [-0.3, -0.25) is 9.89 Å². The van der Waals surface area contributed by atoms with Gasteiger partial charge in [-0.1, -0.05) is 0 Å². The number of pyridine rings is 1. The van der Waals surface area contributed by atoms with Crippen molar-refractivity contribution < 1.29 is 9.18 Å². The fraction of sp³-hybridized carbons (Fsp3) is 0.353. The molecular weight excluding hydrogens is 309 g/mol. The summed E-state index contributed by atoms with van der Waals surface area (Å²) in [4.78, 5) is 16.9. The highest BCUT2D eigenvalue weighted by molar-refractivity contribution is 5.94. The average molecular weight is 327 g/mol. The van der Waals surface area contributed by atoms with Gasteiger partial charge in [0.2, 0.25) is 5.91 Å². The highest BCUT2D eigenvalue weighted by atomic mass is 19.1. The largest absolute Gasteiger partial charge is 0.309 e. The second-order valence-electron chi connectivity index (χ2n) is 6.43. The van der Waals surface area contributed by atoms with Crippen molar-refractivity contribution >= 4 is 17.4 Å². The van der Waals surface area contributed by atoms with E-state index in [-0.39, 0.29) is 11.7 Å². The number of nitrogens with one attached hydrogen (secondary N) is 2. The summed E-state index contributed by atoms with van der Waals surface area (Å²) in [5.74, 6) is 0.128. The number of aromatic amines is 1. The number of hydrogen-bond acceptors (Lipinski definition) is 3. The number of aromatic nitrogens is 4. The quantitative estimate of drug-likeness (QED) is 0.773. The lowest BCUT2D eigenvalue weighted by molar-refractivity contribution is -0.117. The first-order chi connectivity index (χ1) is 11.5. The average Bonchev–Trinajstić information content (AvgIpc) is 3.17. The molecule has 1 atom stereocenters. The van der Waals surface area contributed by atoms with Gasteiger partial charge < -0.3 is 9.72 Å². The van der Waals surface area contributed by atoms with Crippen LogP contribution < -0.4 is 5.32 Å². The molecule has 0 radical (unpaired) electrons. The second kappa shape index (κ2) is 5.43. The minimum Gasteiger partial charge on any atom is -0.309 e. The third kappa shape index (κ3) is 2.66. The Kier molecular flexibility index (Phi) is 3.37. The molecule has 24 heavy (non-hydrogen) atoms. The molecule has 1 amide bonds. The van der Waals surface area contributed by atoms with Crippen LogP contribution in [0.1, 0.15) is 48.6 Å². The van der Waals surface area contributed by atoms with Crippen LogP contribution in [-0.4, -0.2) is 25.5 Å². The predicted octanol–water partition coefficient (Wildman–Crippen LogP) is 3.12. The Balaban J connectivity index is 1.53. The number of rotatable bonds is 4. The summed E-state index contributed by atoms with van der Waals surface area (Å²) in [6, 6.07) is 3.55. The van der Waals surface area contributed by atoms with E-state index in [1.165, 1.54) is 19.0 Å². The predicted molar refractivity (Wildman–Crippen MR) is 87.5 cm³/mol. The summed E-state index contributed by atoms with van der Waals surface area (Å²) >= 11 is 0. The van der Waals surface area contributed by atoms with Gasteiger partial charge in [0.1, 0.15) is 11.5 Å². The first-order valence-corrected chi connectivity index (χ1v) is 8.02. The molecule has 0 unspecified atom stereocenters. The molecule has 0 saturated heterocycles. The van der Waals surface area contributed by atoms with E-state index in [2.05, 4.69) is 20.5 Å². The topological polar surface area (TPSA) is 75.1 Å². The summed E-state index contributed by atoms with van der Waals surface area (Å²) in [6.07, 6.45) is 5.40. The van der Waals surface area contributed by atoms with Gasteiger partial charge in [-0.15, -0.1) is 0 Å². The number of halogens is 1. The molecule has 124 valence electrons. The number of H-pyrrole nitrogens is 1. The number of carbonyl (C=O) groups excluding carboxylic acids is 1. The van der Waals surface area contributed by atoms with Crippen LogP contribution in [0.15, 0.2) is 24.5 Å². The van der Waals surface area contributed by atoms with Gasteiger partial charge in [-0.05, 0) is 38.3 Å². The Morgan fingerprint density at radius 1 is 1.42 bits per heavy atom. The Morgan fingerprint density at radius 3 is 2.96 bits per heavy atom. The molecule has 3 heterocycles. The Bertz CT molecular complexity index is 885. The lowest BCUT2D eigenvalue weighted by Crippen LogP contribution is -2.19. The maximum absolute atomic E-state index is 13.6. The molecule has 1 fully saturated rings. The fourth-order valence-corrected chi connectivity index (χ4v) is 2.71. The SMILES string of the molecule is Cc1cc2nc([C@H](C)C(=O)Nc3cc(C4CC4)[nH]n3)cn2cc1F. The van der Waals surface area contributed by atoms with Crippen molar-refractivity contribution in [3.63, 3.8) is 0 Å². The van der Waals surface area contributed by atoms with Crippen molar-refractivity contribution in [2.75, 3.05) is 5.32 Å². The van der Waals surface area contributed by atoms with Gasteiger partial charge in [0, 0.05) is 30.1 Å². The van der Waals surface area contributed by atoms with Gasteiger partial charge in [-0.2, -0.15) is 5.10 Å². The minimum absolute atomic E-state index is 0.190. The second-order valence-corrected chi connectivity index (χ2v) is 6.43. The zero-order valence-corrected chi connectivity index (χ0v) is 13.5. The molecule has 1 aliphatic rings. The lowest BCUT2D eigenvalue weighted by Gasteiger charge is -2.07.